The van der Waals surface area contributed by atoms with Gasteiger partial charge in [-0.2, -0.15) is 0 Å². The van der Waals surface area contributed by atoms with Gasteiger partial charge in [0.2, 0.25) is 0 Å². The fourth-order valence-corrected chi connectivity index (χ4v) is 2.25. The molecule has 0 radical (unpaired) electrons. The fourth-order valence-electron chi connectivity index (χ4n) is 2.25. The summed E-state index contributed by atoms with van der Waals surface area (Å²) in [4.78, 5) is 21.7. The van der Waals surface area contributed by atoms with Crippen LogP contribution in [0, 0.1) is 10.1 Å². The van der Waals surface area contributed by atoms with Crippen molar-refractivity contribution in [2.24, 2.45) is 0 Å². The topological polar surface area (TPSA) is 83.3 Å². The van der Waals surface area contributed by atoms with Crippen molar-refractivity contribution in [3.63, 3.8) is 0 Å². The number of nitrogens with zero attached hydrogens (tertiary/aromatic N) is 1. The van der Waals surface area contributed by atoms with E-state index < -0.39 is 16.3 Å². The second-order valence-corrected chi connectivity index (χ2v) is 5.09. The number of carboxylic acid groups (broad SMARTS) is 1. The Kier molecular flexibility index (Phi) is 6.89. The number of carbonyl (C=O) groups is 1. The average Bonchev–Trinajstić information content (AvgIpc) is 2.48. The first kappa shape index (κ1) is 19.0. The van der Waals surface area contributed by atoms with Gasteiger partial charge in [-0.05, 0) is 24.5 Å². The van der Waals surface area contributed by atoms with E-state index in [-0.39, 0.29) is 63.5 Å². The number of nitro benzene ring substituents is 1. The first-order chi connectivity index (χ1) is 9.93. The SMILES string of the molecule is CC(Cc1ccccc1)(C(=O)[O-])c1ccc([N+](=O)[O-])cc1.[K+]. The van der Waals surface area contributed by atoms with E-state index in [2.05, 4.69) is 0 Å². The van der Waals surface area contributed by atoms with Gasteiger partial charge in [-0.3, -0.25) is 10.1 Å². The van der Waals surface area contributed by atoms with Gasteiger partial charge in [0.1, 0.15) is 0 Å². The molecule has 0 aliphatic rings. The van der Waals surface area contributed by atoms with Crippen molar-refractivity contribution in [1.29, 1.82) is 0 Å². The molecule has 0 saturated carbocycles. The summed E-state index contributed by atoms with van der Waals surface area (Å²) in [6.07, 6.45) is 0.258. The maximum Gasteiger partial charge on any atom is 1.00 e. The van der Waals surface area contributed by atoms with Gasteiger partial charge in [-0.1, -0.05) is 42.5 Å². The number of hydrogen-bond donors (Lipinski definition) is 0. The molecule has 1 unspecified atom stereocenters. The molecule has 0 bridgehead atoms. The number of rotatable bonds is 5. The summed E-state index contributed by atoms with van der Waals surface area (Å²) in [5.41, 5.74) is 0.0369. The van der Waals surface area contributed by atoms with Crippen LogP contribution >= 0.6 is 0 Å². The predicted octanol–water partition coefficient (Wildman–Crippen LogP) is -1.15. The maximum absolute atomic E-state index is 11.6. The molecule has 1 atom stereocenters. The summed E-state index contributed by atoms with van der Waals surface area (Å²) in [6.45, 7) is 1.57. The molecule has 108 valence electrons. The minimum absolute atomic E-state index is 0. The van der Waals surface area contributed by atoms with Crippen molar-refractivity contribution in [2.75, 3.05) is 0 Å². The number of nitro groups is 1. The molecule has 0 spiro atoms. The Morgan fingerprint density at radius 2 is 1.64 bits per heavy atom. The summed E-state index contributed by atoms with van der Waals surface area (Å²) < 4.78 is 0. The Morgan fingerprint density at radius 3 is 2.09 bits per heavy atom. The summed E-state index contributed by atoms with van der Waals surface area (Å²) in [5.74, 6) is -1.21. The normalized spacial score (nSPS) is 12.8. The number of benzene rings is 2. The fraction of sp³-hybridized carbons (Fsp3) is 0.188. The summed E-state index contributed by atoms with van der Waals surface area (Å²) in [5, 5.41) is 22.3. The van der Waals surface area contributed by atoms with E-state index in [1.807, 2.05) is 30.3 Å². The van der Waals surface area contributed by atoms with Gasteiger partial charge in [0.15, 0.2) is 0 Å². The number of aliphatic carboxylic acids is 1. The minimum Gasteiger partial charge on any atom is -0.549 e. The standard InChI is InChI=1S/C16H15NO4.K/c1-16(15(18)19,11-12-5-3-2-4-6-12)13-7-9-14(10-8-13)17(20)21;/h2-10H,11H2,1H3,(H,18,19);/q;+1/p-1. The third-order valence-electron chi connectivity index (χ3n) is 3.57. The van der Waals surface area contributed by atoms with Crippen molar-refractivity contribution in [1.82, 2.24) is 0 Å². The zero-order valence-corrected chi connectivity index (χ0v) is 15.6. The molecule has 0 N–H and O–H groups in total. The van der Waals surface area contributed by atoms with Gasteiger partial charge in [0.05, 0.1) is 10.9 Å². The number of carbonyl (C=O) groups excluding carboxylic acids is 1. The molecule has 0 aliphatic heterocycles. The van der Waals surface area contributed by atoms with Crippen LogP contribution in [0.1, 0.15) is 18.1 Å². The van der Waals surface area contributed by atoms with Crippen molar-refractivity contribution < 1.29 is 66.2 Å². The summed E-state index contributed by atoms with van der Waals surface area (Å²) in [6, 6.07) is 14.8. The molecule has 0 aliphatic carbocycles. The van der Waals surface area contributed by atoms with E-state index in [0.717, 1.165) is 5.56 Å². The van der Waals surface area contributed by atoms with Crippen molar-refractivity contribution in [3.05, 3.63) is 75.8 Å². The molecule has 0 saturated heterocycles. The molecule has 0 heterocycles. The minimum atomic E-state index is -1.24. The quantitative estimate of drug-likeness (QED) is 0.395. The van der Waals surface area contributed by atoms with Crippen LogP contribution < -0.4 is 56.5 Å². The molecule has 0 aromatic heterocycles. The van der Waals surface area contributed by atoms with Gasteiger partial charge >= 0.3 is 51.4 Å². The van der Waals surface area contributed by atoms with Crippen molar-refractivity contribution >= 4 is 11.7 Å². The Balaban J connectivity index is 0.00000242. The van der Waals surface area contributed by atoms with E-state index in [0.29, 0.717) is 5.56 Å². The third kappa shape index (κ3) is 4.24. The largest absolute Gasteiger partial charge is 1.00 e. The molecule has 2 aromatic rings. The van der Waals surface area contributed by atoms with Crippen LogP contribution in [0.5, 0.6) is 0 Å². The van der Waals surface area contributed by atoms with Crippen LogP contribution in [0.4, 0.5) is 5.69 Å². The number of carboxylic acids is 1. The first-order valence-electron chi connectivity index (χ1n) is 6.44. The molecular formula is C16H14KNO4. The molecule has 2 aromatic carbocycles. The summed E-state index contributed by atoms with van der Waals surface area (Å²) in [7, 11) is 0. The van der Waals surface area contributed by atoms with Gasteiger partial charge in [0, 0.05) is 17.5 Å². The zero-order valence-electron chi connectivity index (χ0n) is 12.5. The first-order valence-corrected chi connectivity index (χ1v) is 6.44. The average molecular weight is 323 g/mol. The molecule has 5 nitrogen and oxygen atoms in total. The van der Waals surface area contributed by atoms with Crippen LogP contribution in [0.15, 0.2) is 54.6 Å². The van der Waals surface area contributed by atoms with Crippen LogP contribution in [0.3, 0.4) is 0 Å². The summed E-state index contributed by atoms with van der Waals surface area (Å²) >= 11 is 0. The maximum atomic E-state index is 11.6. The molecule has 2 rings (SSSR count). The van der Waals surface area contributed by atoms with E-state index in [1.165, 1.54) is 24.3 Å². The van der Waals surface area contributed by atoms with Gasteiger partial charge in [0.25, 0.3) is 5.69 Å². The second kappa shape index (κ2) is 7.98. The van der Waals surface area contributed by atoms with Crippen molar-refractivity contribution in [3.8, 4) is 0 Å². The monoisotopic (exact) mass is 323 g/mol. The van der Waals surface area contributed by atoms with Crippen LogP contribution in [0.25, 0.3) is 0 Å². The van der Waals surface area contributed by atoms with Crippen molar-refractivity contribution in [2.45, 2.75) is 18.8 Å². The van der Waals surface area contributed by atoms with E-state index in [9.17, 15) is 20.0 Å². The Hall–Kier alpha value is -1.05. The van der Waals surface area contributed by atoms with Gasteiger partial charge in [-0.25, -0.2) is 0 Å². The Morgan fingerprint density at radius 1 is 1.09 bits per heavy atom. The van der Waals surface area contributed by atoms with E-state index >= 15 is 0 Å². The molecular weight excluding hydrogens is 309 g/mol. The molecule has 6 heteroatoms. The number of hydrogen-bond acceptors (Lipinski definition) is 4. The third-order valence-corrected chi connectivity index (χ3v) is 3.57. The molecule has 0 fully saturated rings. The van der Waals surface area contributed by atoms with E-state index in [4.69, 9.17) is 0 Å². The van der Waals surface area contributed by atoms with Crippen LogP contribution in [-0.2, 0) is 16.6 Å². The Bertz CT molecular complexity index is 658. The number of non-ortho nitro benzene ring substituents is 1. The van der Waals surface area contributed by atoms with Crippen LogP contribution in [0.2, 0.25) is 0 Å². The van der Waals surface area contributed by atoms with Gasteiger partial charge in [-0.15, -0.1) is 0 Å². The predicted molar refractivity (Wildman–Crippen MR) is 75.6 cm³/mol. The second-order valence-electron chi connectivity index (χ2n) is 5.09. The van der Waals surface area contributed by atoms with Gasteiger partial charge < -0.3 is 9.90 Å². The van der Waals surface area contributed by atoms with E-state index in [1.54, 1.807) is 6.92 Å². The molecule has 22 heavy (non-hydrogen) atoms. The zero-order chi connectivity index (χ0) is 15.5. The van der Waals surface area contributed by atoms with Crippen LogP contribution in [-0.4, -0.2) is 10.9 Å². The molecule has 0 amide bonds. The Labute approximate surface area is 170 Å². The smallest absolute Gasteiger partial charge is 0.549 e.